The topological polar surface area (TPSA) is 76.1 Å². The number of nitrogens with zero attached hydrogens (tertiary/aromatic N) is 2. The van der Waals surface area contributed by atoms with Gasteiger partial charge >= 0.3 is 0 Å². The van der Waals surface area contributed by atoms with Crippen LogP contribution in [-0.2, 0) is 0 Å². The van der Waals surface area contributed by atoms with Gasteiger partial charge in [-0.15, -0.1) is 0 Å². The number of aromatic nitrogens is 2. The van der Waals surface area contributed by atoms with Crippen molar-refractivity contribution < 1.29 is 9.53 Å². The zero-order chi connectivity index (χ0) is 19.2. The van der Waals surface area contributed by atoms with Crippen molar-refractivity contribution in [3.63, 3.8) is 0 Å². The Hall–Kier alpha value is -3.41. The van der Waals surface area contributed by atoms with E-state index in [4.69, 9.17) is 4.74 Å². The lowest BCUT2D eigenvalue weighted by Crippen LogP contribution is -2.14. The molecule has 1 aromatic heterocycles. The van der Waals surface area contributed by atoms with Crippen molar-refractivity contribution >= 4 is 23.2 Å². The number of amides is 1. The molecule has 0 unspecified atom stereocenters. The summed E-state index contributed by atoms with van der Waals surface area (Å²) in [5.74, 6) is 0.835. The number of anilines is 3. The molecule has 0 aliphatic heterocycles. The summed E-state index contributed by atoms with van der Waals surface area (Å²) in [5.41, 5.74) is 4.12. The smallest absolute Gasteiger partial charge is 0.274 e. The van der Waals surface area contributed by atoms with Crippen LogP contribution in [0.5, 0.6) is 5.75 Å². The number of hydrogen-bond donors (Lipinski definition) is 2. The van der Waals surface area contributed by atoms with Crippen LogP contribution in [-0.4, -0.2) is 22.5 Å². The summed E-state index contributed by atoms with van der Waals surface area (Å²) in [5, 5.41) is 5.97. The van der Waals surface area contributed by atoms with Crippen LogP contribution in [0.15, 0.2) is 54.7 Å². The third-order valence-corrected chi connectivity index (χ3v) is 3.79. The first-order valence-corrected chi connectivity index (χ1v) is 8.76. The predicted molar refractivity (Wildman–Crippen MR) is 107 cm³/mol. The summed E-state index contributed by atoms with van der Waals surface area (Å²) in [6.07, 6.45) is 1.56. The number of hydrogen-bond acceptors (Lipinski definition) is 5. The van der Waals surface area contributed by atoms with E-state index in [1.54, 1.807) is 24.4 Å². The highest BCUT2D eigenvalue weighted by molar-refractivity contribution is 6.03. The summed E-state index contributed by atoms with van der Waals surface area (Å²) in [6, 6.07) is 14.9. The second kappa shape index (κ2) is 8.31. The maximum Gasteiger partial charge on any atom is 0.274 e. The molecule has 0 fully saturated rings. The fourth-order valence-corrected chi connectivity index (χ4v) is 2.72. The molecule has 138 valence electrons. The zero-order valence-electron chi connectivity index (χ0n) is 15.6. The monoisotopic (exact) mass is 362 g/mol. The average Bonchev–Trinajstić information content (AvgIpc) is 2.63. The fraction of sp³-hybridized carbons (Fsp3) is 0.190. The predicted octanol–water partition coefficient (Wildman–Crippen LogP) is 4.49. The molecule has 0 radical (unpaired) electrons. The first-order chi connectivity index (χ1) is 13.0. The SMILES string of the molecule is CCOc1ccc(NC(=O)c2ccnc(Nc3cc(C)cc(C)c3)n2)cc1. The summed E-state index contributed by atoms with van der Waals surface area (Å²) in [4.78, 5) is 21.0. The Morgan fingerprint density at radius 3 is 2.37 bits per heavy atom. The average molecular weight is 362 g/mol. The van der Waals surface area contributed by atoms with Gasteiger partial charge in [-0.2, -0.15) is 0 Å². The molecule has 0 bridgehead atoms. The van der Waals surface area contributed by atoms with Crippen molar-refractivity contribution in [1.82, 2.24) is 9.97 Å². The maximum absolute atomic E-state index is 12.5. The molecule has 2 N–H and O–H groups in total. The van der Waals surface area contributed by atoms with Gasteiger partial charge in [-0.3, -0.25) is 4.79 Å². The van der Waals surface area contributed by atoms with Crippen LogP contribution in [0.2, 0.25) is 0 Å². The number of benzene rings is 2. The first-order valence-electron chi connectivity index (χ1n) is 8.76. The van der Waals surface area contributed by atoms with Gasteiger partial charge in [0.2, 0.25) is 5.95 Å². The van der Waals surface area contributed by atoms with Gasteiger partial charge in [-0.1, -0.05) is 6.07 Å². The van der Waals surface area contributed by atoms with Gasteiger partial charge < -0.3 is 15.4 Å². The Bertz CT molecular complexity index is 919. The van der Waals surface area contributed by atoms with Crippen molar-refractivity contribution in [3.8, 4) is 5.75 Å². The molecule has 0 aliphatic rings. The number of carbonyl (C=O) groups is 1. The molecule has 0 saturated heterocycles. The highest BCUT2D eigenvalue weighted by atomic mass is 16.5. The highest BCUT2D eigenvalue weighted by Gasteiger charge is 2.10. The van der Waals surface area contributed by atoms with Crippen LogP contribution in [0.25, 0.3) is 0 Å². The summed E-state index contributed by atoms with van der Waals surface area (Å²) in [7, 11) is 0. The van der Waals surface area contributed by atoms with E-state index in [0.29, 0.717) is 18.2 Å². The lowest BCUT2D eigenvalue weighted by molar-refractivity contribution is 0.102. The number of nitrogens with one attached hydrogen (secondary N) is 2. The molecule has 27 heavy (non-hydrogen) atoms. The molecule has 6 nitrogen and oxygen atoms in total. The number of carbonyl (C=O) groups excluding carboxylic acids is 1. The van der Waals surface area contributed by atoms with E-state index in [2.05, 4.69) is 26.7 Å². The molecular formula is C21H22N4O2. The van der Waals surface area contributed by atoms with E-state index in [1.165, 1.54) is 0 Å². The molecular weight excluding hydrogens is 340 g/mol. The zero-order valence-corrected chi connectivity index (χ0v) is 15.6. The van der Waals surface area contributed by atoms with E-state index in [-0.39, 0.29) is 11.6 Å². The minimum absolute atomic E-state index is 0.283. The summed E-state index contributed by atoms with van der Waals surface area (Å²) < 4.78 is 5.40. The quantitative estimate of drug-likeness (QED) is 0.676. The molecule has 6 heteroatoms. The number of aryl methyl sites for hydroxylation is 2. The van der Waals surface area contributed by atoms with E-state index >= 15 is 0 Å². The Kier molecular flexibility index (Phi) is 5.66. The van der Waals surface area contributed by atoms with Crippen LogP contribution in [0.3, 0.4) is 0 Å². The van der Waals surface area contributed by atoms with Crippen molar-refractivity contribution in [2.45, 2.75) is 20.8 Å². The lowest BCUT2D eigenvalue weighted by Gasteiger charge is -2.09. The normalized spacial score (nSPS) is 10.3. The van der Waals surface area contributed by atoms with Gasteiger partial charge in [0.1, 0.15) is 11.4 Å². The van der Waals surface area contributed by atoms with Crippen LogP contribution >= 0.6 is 0 Å². The van der Waals surface area contributed by atoms with Gasteiger partial charge in [0.25, 0.3) is 5.91 Å². The second-order valence-electron chi connectivity index (χ2n) is 6.18. The summed E-state index contributed by atoms with van der Waals surface area (Å²) >= 11 is 0. The molecule has 0 aliphatic carbocycles. The third-order valence-electron chi connectivity index (χ3n) is 3.79. The van der Waals surface area contributed by atoms with Crippen molar-refractivity contribution in [3.05, 3.63) is 71.5 Å². The minimum atomic E-state index is -0.301. The molecule has 3 rings (SSSR count). The molecule has 1 amide bonds. The Labute approximate surface area is 158 Å². The largest absolute Gasteiger partial charge is 0.494 e. The summed E-state index contributed by atoms with van der Waals surface area (Å²) in [6.45, 7) is 6.58. The minimum Gasteiger partial charge on any atom is -0.494 e. The third kappa shape index (κ3) is 5.04. The van der Waals surface area contributed by atoms with Crippen molar-refractivity contribution in [1.29, 1.82) is 0 Å². The standard InChI is InChI=1S/C21H22N4O2/c1-4-27-18-7-5-16(6-8-18)23-20(26)19-9-10-22-21(25-19)24-17-12-14(2)11-15(3)13-17/h5-13H,4H2,1-3H3,(H,23,26)(H,22,24,25). The number of rotatable bonds is 6. The Balaban J connectivity index is 1.71. The lowest BCUT2D eigenvalue weighted by atomic mass is 10.1. The Morgan fingerprint density at radius 1 is 1.00 bits per heavy atom. The second-order valence-corrected chi connectivity index (χ2v) is 6.18. The van der Waals surface area contributed by atoms with Crippen LogP contribution < -0.4 is 15.4 Å². The van der Waals surface area contributed by atoms with Gasteiger partial charge in [0.05, 0.1) is 6.61 Å². The maximum atomic E-state index is 12.5. The first kappa shape index (κ1) is 18.4. The molecule has 2 aromatic carbocycles. The van der Waals surface area contributed by atoms with Gasteiger partial charge in [0, 0.05) is 17.6 Å². The van der Waals surface area contributed by atoms with E-state index in [9.17, 15) is 4.79 Å². The van der Waals surface area contributed by atoms with Gasteiger partial charge in [-0.25, -0.2) is 9.97 Å². The van der Waals surface area contributed by atoms with Gasteiger partial charge in [0.15, 0.2) is 0 Å². The molecule has 1 heterocycles. The molecule has 0 saturated carbocycles. The molecule has 3 aromatic rings. The van der Waals surface area contributed by atoms with E-state index in [1.807, 2.05) is 45.0 Å². The van der Waals surface area contributed by atoms with Crippen molar-refractivity contribution in [2.24, 2.45) is 0 Å². The van der Waals surface area contributed by atoms with E-state index in [0.717, 1.165) is 22.6 Å². The fourth-order valence-electron chi connectivity index (χ4n) is 2.72. The Morgan fingerprint density at radius 2 is 1.70 bits per heavy atom. The molecule has 0 atom stereocenters. The van der Waals surface area contributed by atoms with Gasteiger partial charge in [-0.05, 0) is 74.4 Å². The van der Waals surface area contributed by atoms with Crippen LogP contribution in [0.1, 0.15) is 28.5 Å². The van der Waals surface area contributed by atoms with E-state index < -0.39 is 0 Å². The molecule has 0 spiro atoms. The van der Waals surface area contributed by atoms with Crippen LogP contribution in [0.4, 0.5) is 17.3 Å². The number of ether oxygens (including phenoxy) is 1. The van der Waals surface area contributed by atoms with Crippen LogP contribution in [0, 0.1) is 13.8 Å². The van der Waals surface area contributed by atoms with Crippen molar-refractivity contribution in [2.75, 3.05) is 17.2 Å². The highest BCUT2D eigenvalue weighted by Crippen LogP contribution is 2.18.